The van der Waals surface area contributed by atoms with Gasteiger partial charge in [-0.25, -0.2) is 9.59 Å². The highest BCUT2D eigenvalue weighted by molar-refractivity contribution is 5.82. The van der Waals surface area contributed by atoms with Crippen molar-refractivity contribution in [1.82, 2.24) is 0 Å². The van der Waals surface area contributed by atoms with E-state index in [0.29, 0.717) is 0 Å². The largest absolute Gasteiger partial charge is 0.462 e. The Morgan fingerprint density at radius 1 is 1.00 bits per heavy atom. The van der Waals surface area contributed by atoms with Crippen LogP contribution in [0.4, 0.5) is 0 Å². The lowest BCUT2D eigenvalue weighted by molar-refractivity contribution is -0.142. The lowest BCUT2D eigenvalue weighted by Crippen LogP contribution is -2.17. The molecule has 16 heavy (non-hydrogen) atoms. The second-order valence-corrected chi connectivity index (χ2v) is 3.37. The van der Waals surface area contributed by atoms with Crippen molar-refractivity contribution in [2.45, 2.75) is 20.8 Å². The molecule has 90 valence electrons. The van der Waals surface area contributed by atoms with Crippen molar-refractivity contribution in [3.63, 3.8) is 0 Å². The van der Waals surface area contributed by atoms with E-state index in [4.69, 9.17) is 9.47 Å². The smallest absolute Gasteiger partial charge is 0.330 e. The number of allylic oxidation sites excluding steroid dienone is 2. The summed E-state index contributed by atoms with van der Waals surface area (Å²) in [6, 6.07) is 0. The molecule has 0 aliphatic carbocycles. The van der Waals surface area contributed by atoms with E-state index >= 15 is 0 Å². The van der Waals surface area contributed by atoms with Gasteiger partial charge in [-0.15, -0.1) is 0 Å². The molecule has 4 heteroatoms. The normalized spacial score (nSPS) is 12.9. The summed E-state index contributed by atoms with van der Waals surface area (Å²) < 4.78 is 9.80. The van der Waals surface area contributed by atoms with Crippen molar-refractivity contribution in [2.24, 2.45) is 5.92 Å². The Bertz CT molecular complexity index is 251. The SMILES string of the molecule is C/C=C\C(=O)OCC(C)COC(=O)/C=C/C. The lowest BCUT2D eigenvalue weighted by Gasteiger charge is -2.10. The molecular formula is C12H18O4. The van der Waals surface area contributed by atoms with Gasteiger partial charge in [0.2, 0.25) is 0 Å². The van der Waals surface area contributed by atoms with Gasteiger partial charge in [-0.1, -0.05) is 19.1 Å². The van der Waals surface area contributed by atoms with Crippen molar-refractivity contribution in [2.75, 3.05) is 13.2 Å². The van der Waals surface area contributed by atoms with Gasteiger partial charge in [0.05, 0.1) is 13.2 Å². The maximum atomic E-state index is 11.0. The first kappa shape index (κ1) is 14.4. The molecule has 0 amide bonds. The average Bonchev–Trinajstić information content (AvgIpc) is 2.24. The predicted octanol–water partition coefficient (Wildman–Crippen LogP) is 1.86. The molecule has 4 nitrogen and oxygen atoms in total. The maximum Gasteiger partial charge on any atom is 0.330 e. The van der Waals surface area contributed by atoms with Gasteiger partial charge in [-0.2, -0.15) is 0 Å². The molecule has 0 saturated heterocycles. The molecule has 0 aromatic rings. The van der Waals surface area contributed by atoms with Gasteiger partial charge in [0, 0.05) is 18.1 Å². The van der Waals surface area contributed by atoms with Gasteiger partial charge in [-0.05, 0) is 13.8 Å². The third-order valence-corrected chi connectivity index (χ3v) is 1.63. The van der Waals surface area contributed by atoms with Gasteiger partial charge in [-0.3, -0.25) is 0 Å². The summed E-state index contributed by atoms with van der Waals surface area (Å²) in [6.07, 6.45) is 5.91. The summed E-state index contributed by atoms with van der Waals surface area (Å²) in [5.41, 5.74) is 0. The van der Waals surface area contributed by atoms with E-state index < -0.39 is 0 Å². The van der Waals surface area contributed by atoms with Crippen LogP contribution in [-0.2, 0) is 19.1 Å². The monoisotopic (exact) mass is 226 g/mol. The van der Waals surface area contributed by atoms with Crippen LogP contribution in [-0.4, -0.2) is 25.2 Å². The molecule has 0 bridgehead atoms. The summed E-state index contributed by atoms with van der Waals surface area (Å²) in [5.74, 6) is -0.772. The molecule has 0 N–H and O–H groups in total. The van der Waals surface area contributed by atoms with Crippen LogP contribution in [0.25, 0.3) is 0 Å². The molecule has 0 aliphatic heterocycles. The van der Waals surface area contributed by atoms with E-state index in [2.05, 4.69) is 0 Å². The zero-order valence-electron chi connectivity index (χ0n) is 9.93. The summed E-state index contributed by atoms with van der Waals surface area (Å²) in [4.78, 5) is 21.9. The third kappa shape index (κ3) is 7.79. The highest BCUT2D eigenvalue weighted by atomic mass is 16.5. The molecule has 0 aliphatic rings. The van der Waals surface area contributed by atoms with Gasteiger partial charge >= 0.3 is 11.9 Å². The van der Waals surface area contributed by atoms with Crippen LogP contribution in [0.15, 0.2) is 24.3 Å². The van der Waals surface area contributed by atoms with E-state index in [0.717, 1.165) is 0 Å². The Kier molecular flexibility index (Phi) is 7.85. The number of carbonyl (C=O) groups excluding carboxylic acids is 2. The molecule has 1 atom stereocenters. The second-order valence-electron chi connectivity index (χ2n) is 3.37. The van der Waals surface area contributed by atoms with Crippen LogP contribution in [0.5, 0.6) is 0 Å². The lowest BCUT2D eigenvalue weighted by atomic mass is 10.2. The van der Waals surface area contributed by atoms with Crippen molar-refractivity contribution in [3.8, 4) is 0 Å². The number of carbonyl (C=O) groups is 2. The van der Waals surface area contributed by atoms with Gasteiger partial charge in [0.1, 0.15) is 0 Å². The van der Waals surface area contributed by atoms with Crippen molar-refractivity contribution in [1.29, 1.82) is 0 Å². The Hall–Kier alpha value is -1.58. The number of hydrogen-bond donors (Lipinski definition) is 0. The molecule has 1 unspecified atom stereocenters. The Balaban J connectivity index is 3.70. The summed E-state index contributed by atoms with van der Waals surface area (Å²) in [5, 5.41) is 0. The zero-order chi connectivity index (χ0) is 12.4. The summed E-state index contributed by atoms with van der Waals surface area (Å²) >= 11 is 0. The second kappa shape index (κ2) is 8.71. The van der Waals surface area contributed by atoms with Crippen LogP contribution in [0.3, 0.4) is 0 Å². The highest BCUT2D eigenvalue weighted by Crippen LogP contribution is 1.98. The number of esters is 2. The first-order chi connectivity index (χ1) is 7.60. The van der Waals surface area contributed by atoms with Crippen molar-refractivity contribution < 1.29 is 19.1 Å². The minimum atomic E-state index is -0.380. The average molecular weight is 226 g/mol. The van der Waals surface area contributed by atoms with E-state index in [9.17, 15) is 9.59 Å². The fraction of sp³-hybridized carbons (Fsp3) is 0.500. The van der Waals surface area contributed by atoms with Crippen LogP contribution in [0, 0.1) is 5.92 Å². The molecule has 0 aromatic heterocycles. The number of ether oxygens (including phenoxy) is 2. The first-order valence-corrected chi connectivity index (χ1v) is 5.19. The Morgan fingerprint density at radius 3 is 1.69 bits per heavy atom. The summed E-state index contributed by atoms with van der Waals surface area (Å²) in [6.45, 7) is 5.80. The maximum absolute atomic E-state index is 11.0. The standard InChI is InChI=1S/C12H18O4/c1-4-6-11(13)15-8-10(3)9-16-12(14)7-5-2/h4-7,10H,8-9H2,1-3H3/b6-4-,7-5+. The van der Waals surface area contributed by atoms with E-state index in [1.165, 1.54) is 12.2 Å². The molecule has 0 rings (SSSR count). The van der Waals surface area contributed by atoms with Gasteiger partial charge < -0.3 is 9.47 Å². The van der Waals surface area contributed by atoms with Gasteiger partial charge in [0.25, 0.3) is 0 Å². The predicted molar refractivity (Wildman–Crippen MR) is 60.7 cm³/mol. The third-order valence-electron chi connectivity index (χ3n) is 1.63. The van der Waals surface area contributed by atoms with Crippen LogP contribution in [0.1, 0.15) is 20.8 Å². The zero-order valence-corrected chi connectivity index (χ0v) is 9.93. The minimum Gasteiger partial charge on any atom is -0.462 e. The topological polar surface area (TPSA) is 52.6 Å². The molecular weight excluding hydrogens is 208 g/mol. The van der Waals surface area contributed by atoms with E-state index in [-0.39, 0.29) is 31.1 Å². The molecule has 0 saturated carbocycles. The highest BCUT2D eigenvalue weighted by Gasteiger charge is 2.07. The molecule has 0 spiro atoms. The summed E-state index contributed by atoms with van der Waals surface area (Å²) in [7, 11) is 0. The quantitative estimate of drug-likeness (QED) is 0.512. The van der Waals surface area contributed by atoms with Gasteiger partial charge in [0.15, 0.2) is 0 Å². The van der Waals surface area contributed by atoms with Crippen LogP contribution >= 0.6 is 0 Å². The van der Waals surface area contributed by atoms with Crippen LogP contribution < -0.4 is 0 Å². The fourth-order valence-electron chi connectivity index (χ4n) is 0.865. The van der Waals surface area contributed by atoms with Crippen LogP contribution in [0.2, 0.25) is 0 Å². The van der Waals surface area contributed by atoms with Crippen molar-refractivity contribution >= 4 is 11.9 Å². The molecule has 0 radical (unpaired) electrons. The number of rotatable bonds is 6. The molecule has 0 fully saturated rings. The molecule has 0 aromatic carbocycles. The van der Waals surface area contributed by atoms with E-state index in [1.54, 1.807) is 26.0 Å². The first-order valence-electron chi connectivity index (χ1n) is 5.19. The molecule has 0 heterocycles. The minimum absolute atomic E-state index is 0.0107. The Morgan fingerprint density at radius 2 is 1.38 bits per heavy atom. The fourth-order valence-corrected chi connectivity index (χ4v) is 0.865. The number of hydrogen-bond acceptors (Lipinski definition) is 4. The Labute approximate surface area is 95.9 Å². The van der Waals surface area contributed by atoms with E-state index in [1.807, 2.05) is 6.92 Å². The van der Waals surface area contributed by atoms with Crippen molar-refractivity contribution in [3.05, 3.63) is 24.3 Å².